The Morgan fingerprint density at radius 2 is 1.55 bits per heavy atom. The molecule has 0 aromatic heterocycles. The van der Waals surface area contributed by atoms with E-state index in [2.05, 4.69) is 10.6 Å². The van der Waals surface area contributed by atoms with Crippen molar-refractivity contribution in [2.24, 2.45) is 0 Å². The largest absolute Gasteiger partial charge is 0.480 e. The highest BCUT2D eigenvalue weighted by molar-refractivity contribution is 6.36. The van der Waals surface area contributed by atoms with E-state index < -0.39 is 35.7 Å². The second-order valence-corrected chi connectivity index (χ2v) is 7.20. The predicted octanol–water partition coefficient (Wildman–Crippen LogP) is 2.99. The number of benzene rings is 2. The smallest absolute Gasteiger partial charge is 0.326 e. The number of hydrogen-bond acceptors (Lipinski definition) is 3. The summed E-state index contributed by atoms with van der Waals surface area (Å²) in [5.74, 6) is -2.87. The van der Waals surface area contributed by atoms with Crippen LogP contribution in [0.4, 0.5) is 4.39 Å². The van der Waals surface area contributed by atoms with Crippen LogP contribution >= 0.6 is 23.2 Å². The second kappa shape index (κ2) is 10.2. The van der Waals surface area contributed by atoms with E-state index >= 15 is 0 Å². The average Bonchev–Trinajstić information content (AvgIpc) is 2.64. The van der Waals surface area contributed by atoms with Crippen LogP contribution in [0, 0.1) is 5.82 Å². The molecule has 0 aliphatic rings. The fourth-order valence-electron chi connectivity index (χ4n) is 2.71. The van der Waals surface area contributed by atoms with Gasteiger partial charge in [-0.05, 0) is 35.4 Å². The highest BCUT2D eigenvalue weighted by atomic mass is 35.5. The third kappa shape index (κ3) is 6.73. The van der Waals surface area contributed by atoms with Gasteiger partial charge in [-0.2, -0.15) is 0 Å². The van der Waals surface area contributed by atoms with Gasteiger partial charge in [-0.15, -0.1) is 0 Å². The molecule has 0 radical (unpaired) electrons. The predicted molar refractivity (Wildman–Crippen MR) is 107 cm³/mol. The molecule has 0 fully saturated rings. The Morgan fingerprint density at radius 3 is 2.07 bits per heavy atom. The maximum absolute atomic E-state index is 13.1. The fourth-order valence-corrected chi connectivity index (χ4v) is 3.27. The first-order chi connectivity index (χ1) is 13.7. The van der Waals surface area contributed by atoms with Gasteiger partial charge in [0.15, 0.2) is 0 Å². The summed E-state index contributed by atoms with van der Waals surface area (Å²) in [6, 6.07) is 7.83. The minimum Gasteiger partial charge on any atom is -0.480 e. The van der Waals surface area contributed by atoms with E-state index in [4.69, 9.17) is 23.2 Å². The van der Waals surface area contributed by atoms with Crippen molar-refractivity contribution in [2.75, 3.05) is 0 Å². The van der Waals surface area contributed by atoms with Gasteiger partial charge in [0.1, 0.15) is 17.9 Å². The third-order valence-corrected chi connectivity index (χ3v) is 4.84. The van der Waals surface area contributed by atoms with Gasteiger partial charge in [-0.1, -0.05) is 41.4 Å². The molecule has 9 heteroatoms. The van der Waals surface area contributed by atoms with Gasteiger partial charge >= 0.3 is 5.97 Å². The lowest BCUT2D eigenvalue weighted by Crippen LogP contribution is -2.52. The van der Waals surface area contributed by atoms with E-state index in [1.165, 1.54) is 31.2 Å². The van der Waals surface area contributed by atoms with Crippen molar-refractivity contribution < 1.29 is 23.9 Å². The average molecular weight is 441 g/mol. The van der Waals surface area contributed by atoms with Gasteiger partial charge in [0, 0.05) is 29.8 Å². The van der Waals surface area contributed by atoms with Gasteiger partial charge in [-0.3, -0.25) is 9.59 Å². The maximum atomic E-state index is 13.1. The molecule has 2 aromatic carbocycles. The Bertz CT molecular complexity index is 886. The van der Waals surface area contributed by atoms with Gasteiger partial charge in [0.2, 0.25) is 11.8 Å². The first-order valence-corrected chi connectivity index (χ1v) is 9.40. The molecule has 0 saturated heterocycles. The monoisotopic (exact) mass is 440 g/mol. The number of aliphatic carboxylic acids is 1. The number of carboxylic acid groups (broad SMARTS) is 1. The molecule has 0 saturated carbocycles. The van der Waals surface area contributed by atoms with Gasteiger partial charge < -0.3 is 15.7 Å². The van der Waals surface area contributed by atoms with Gasteiger partial charge in [0.25, 0.3) is 0 Å². The summed E-state index contributed by atoms with van der Waals surface area (Å²) in [6.07, 6.45) is -0.0756. The zero-order valence-corrected chi connectivity index (χ0v) is 16.9. The maximum Gasteiger partial charge on any atom is 0.326 e. The summed E-state index contributed by atoms with van der Waals surface area (Å²) in [5, 5.41) is 15.0. The number of carbonyl (C=O) groups is 3. The first-order valence-electron chi connectivity index (χ1n) is 8.65. The lowest BCUT2D eigenvalue weighted by Gasteiger charge is -2.22. The number of carbonyl (C=O) groups excluding carboxylic acids is 2. The van der Waals surface area contributed by atoms with Crippen molar-refractivity contribution in [1.29, 1.82) is 0 Å². The zero-order valence-electron chi connectivity index (χ0n) is 15.4. The molecule has 0 bridgehead atoms. The summed E-state index contributed by atoms with van der Waals surface area (Å²) in [7, 11) is 0. The van der Waals surface area contributed by atoms with Crippen molar-refractivity contribution in [1.82, 2.24) is 10.6 Å². The van der Waals surface area contributed by atoms with E-state index in [0.717, 1.165) is 0 Å². The van der Waals surface area contributed by atoms with E-state index in [0.29, 0.717) is 11.1 Å². The fraction of sp³-hybridized carbons (Fsp3) is 0.250. The van der Waals surface area contributed by atoms with Crippen LogP contribution in [0.25, 0.3) is 0 Å². The minimum absolute atomic E-state index is 0.0604. The van der Waals surface area contributed by atoms with E-state index in [1.54, 1.807) is 18.2 Å². The highest BCUT2D eigenvalue weighted by Crippen LogP contribution is 2.25. The standard InChI is InChI=1S/C20H19Cl2FN2O4/c1-11(26)24-17(9-12-5-7-13(23)8-6-12)19(27)25-18(20(28)29)10-14-15(21)3-2-4-16(14)22/h2-8,17-18H,9-10H2,1H3,(H,24,26)(H,25,27)(H,28,29)/t17-,18-/m1/s1. The molecule has 0 aliphatic heterocycles. The summed E-state index contributed by atoms with van der Waals surface area (Å²) in [5.41, 5.74) is 0.986. The van der Waals surface area contributed by atoms with Crippen LogP contribution in [0.15, 0.2) is 42.5 Å². The van der Waals surface area contributed by atoms with E-state index in [9.17, 15) is 23.9 Å². The molecule has 3 N–H and O–H groups in total. The number of hydrogen-bond donors (Lipinski definition) is 3. The molecule has 6 nitrogen and oxygen atoms in total. The van der Waals surface area contributed by atoms with Crippen molar-refractivity contribution in [3.05, 3.63) is 69.5 Å². The topological polar surface area (TPSA) is 95.5 Å². The van der Waals surface area contributed by atoms with Crippen LogP contribution < -0.4 is 10.6 Å². The number of halogens is 3. The number of nitrogens with one attached hydrogen (secondary N) is 2. The molecule has 2 rings (SSSR count). The normalized spacial score (nSPS) is 12.7. The number of rotatable bonds is 8. The summed E-state index contributed by atoms with van der Waals surface area (Å²) >= 11 is 12.2. The third-order valence-electron chi connectivity index (χ3n) is 4.13. The van der Waals surface area contributed by atoms with Crippen molar-refractivity contribution in [3.8, 4) is 0 Å². The first kappa shape index (κ1) is 22.6. The molecule has 2 amide bonds. The molecule has 29 heavy (non-hydrogen) atoms. The van der Waals surface area contributed by atoms with Crippen LogP contribution in [-0.2, 0) is 27.2 Å². The van der Waals surface area contributed by atoms with Crippen LogP contribution in [0.3, 0.4) is 0 Å². The Balaban J connectivity index is 2.18. The lowest BCUT2D eigenvalue weighted by atomic mass is 10.0. The van der Waals surface area contributed by atoms with E-state index in [1.807, 2.05) is 0 Å². The van der Waals surface area contributed by atoms with Crippen molar-refractivity contribution >= 4 is 41.0 Å². The second-order valence-electron chi connectivity index (χ2n) is 6.39. The highest BCUT2D eigenvalue weighted by Gasteiger charge is 2.27. The van der Waals surface area contributed by atoms with Crippen LogP contribution in [0.5, 0.6) is 0 Å². The molecule has 0 spiro atoms. The number of carboxylic acids is 1. The Kier molecular flexibility index (Phi) is 7.99. The van der Waals surface area contributed by atoms with Crippen molar-refractivity contribution in [3.63, 3.8) is 0 Å². The molecule has 0 unspecified atom stereocenters. The van der Waals surface area contributed by atoms with Crippen molar-refractivity contribution in [2.45, 2.75) is 31.8 Å². The molecule has 2 atom stereocenters. The van der Waals surface area contributed by atoms with Crippen LogP contribution in [0.1, 0.15) is 18.1 Å². The van der Waals surface area contributed by atoms with Crippen LogP contribution in [-0.4, -0.2) is 35.0 Å². The minimum atomic E-state index is -1.32. The Morgan fingerprint density at radius 1 is 0.966 bits per heavy atom. The zero-order chi connectivity index (χ0) is 21.6. The summed E-state index contributed by atoms with van der Waals surface area (Å²) in [6.45, 7) is 1.24. The van der Waals surface area contributed by atoms with E-state index in [-0.39, 0.29) is 22.9 Å². The molecule has 154 valence electrons. The molecule has 2 aromatic rings. The molecule has 0 heterocycles. The molecular formula is C20H19Cl2FN2O4. The quantitative estimate of drug-likeness (QED) is 0.587. The summed E-state index contributed by atoms with van der Waals surface area (Å²) < 4.78 is 13.1. The van der Waals surface area contributed by atoms with Gasteiger partial charge in [-0.25, -0.2) is 9.18 Å². The van der Waals surface area contributed by atoms with Gasteiger partial charge in [0.05, 0.1) is 0 Å². The lowest BCUT2D eigenvalue weighted by molar-refractivity contribution is -0.142. The SMILES string of the molecule is CC(=O)N[C@H](Cc1ccc(F)cc1)C(=O)N[C@H](Cc1c(Cl)cccc1Cl)C(=O)O. The Hall–Kier alpha value is -2.64. The van der Waals surface area contributed by atoms with Crippen LogP contribution in [0.2, 0.25) is 10.0 Å². The molecule has 0 aliphatic carbocycles. The molecular weight excluding hydrogens is 422 g/mol. The summed E-state index contributed by atoms with van der Waals surface area (Å²) in [4.78, 5) is 35.9. The Labute approximate surface area is 177 Å². The number of amides is 2.